The molecule has 2 fully saturated rings. The van der Waals surface area contributed by atoms with Crippen LogP contribution in [0.2, 0.25) is 0 Å². The van der Waals surface area contributed by atoms with Gasteiger partial charge in [-0.1, -0.05) is 18.2 Å². The first-order chi connectivity index (χ1) is 13.1. The third-order valence-corrected chi connectivity index (χ3v) is 6.23. The smallest absolute Gasteiger partial charge is 0.277 e. The fourth-order valence-corrected chi connectivity index (χ4v) is 4.69. The number of fused-ring (bicyclic) bond motifs is 2. The summed E-state index contributed by atoms with van der Waals surface area (Å²) in [6.45, 7) is 0. The van der Waals surface area contributed by atoms with Crippen LogP contribution in [-0.2, 0) is 4.79 Å². The van der Waals surface area contributed by atoms with Crippen LogP contribution < -0.4 is 14.8 Å². The highest BCUT2D eigenvalue weighted by molar-refractivity contribution is 7.99. The number of nitrogens with one attached hydrogen (secondary N) is 1. The molecule has 8 heteroatoms. The average Bonchev–Trinajstić information content (AvgIpc) is 3.42. The number of ether oxygens (including phenoxy) is 2. The zero-order valence-electron chi connectivity index (χ0n) is 15.4. The Morgan fingerprint density at radius 1 is 1.19 bits per heavy atom. The lowest BCUT2D eigenvalue weighted by Crippen LogP contribution is -2.39. The van der Waals surface area contributed by atoms with E-state index in [4.69, 9.17) is 13.9 Å². The largest absolute Gasteiger partial charge is 0.497 e. The third kappa shape index (κ3) is 4.05. The number of benzene rings is 1. The topological polar surface area (TPSA) is 86.5 Å². The van der Waals surface area contributed by atoms with Crippen LogP contribution in [-0.4, -0.2) is 42.1 Å². The Hall–Kier alpha value is -2.22. The summed E-state index contributed by atoms with van der Waals surface area (Å²) in [7, 11) is 3.17. The Morgan fingerprint density at radius 2 is 1.96 bits per heavy atom. The van der Waals surface area contributed by atoms with Gasteiger partial charge in [-0.3, -0.25) is 4.79 Å². The van der Waals surface area contributed by atoms with Gasteiger partial charge in [-0.05, 0) is 43.2 Å². The van der Waals surface area contributed by atoms with Gasteiger partial charge in [0, 0.05) is 17.7 Å². The van der Waals surface area contributed by atoms with Crippen LogP contribution in [0.15, 0.2) is 27.8 Å². The number of carbonyl (C=O) groups excluding carboxylic acids is 1. The number of aromatic nitrogens is 2. The minimum absolute atomic E-state index is 0.0281. The number of carbonyl (C=O) groups is 1. The van der Waals surface area contributed by atoms with Crippen molar-refractivity contribution in [3.05, 3.63) is 18.2 Å². The van der Waals surface area contributed by atoms with Crippen molar-refractivity contribution >= 4 is 17.7 Å². The molecule has 1 aromatic carbocycles. The molecule has 4 rings (SSSR count). The summed E-state index contributed by atoms with van der Waals surface area (Å²) in [6, 6.07) is 5.72. The number of thioether (sulfide) groups is 1. The molecule has 2 aliphatic carbocycles. The number of amides is 1. The standard InChI is InChI=1S/C19H23N3O4S/c1-24-14-7-13(8-15(9-14)25-2)18-21-22-19(26-18)27-10-17(23)20-16-6-11-3-4-12(16)5-11/h7-9,11-12,16H,3-6,10H2,1-2H3,(H,20,23)/t11-,12-,16+/m1/s1. The zero-order chi connectivity index (χ0) is 18.8. The van der Waals surface area contributed by atoms with Crippen molar-refractivity contribution in [2.24, 2.45) is 11.8 Å². The highest BCUT2D eigenvalue weighted by atomic mass is 32.2. The van der Waals surface area contributed by atoms with E-state index in [2.05, 4.69) is 15.5 Å². The van der Waals surface area contributed by atoms with Gasteiger partial charge in [-0.15, -0.1) is 10.2 Å². The highest BCUT2D eigenvalue weighted by Gasteiger charge is 2.40. The summed E-state index contributed by atoms with van der Waals surface area (Å²) < 4.78 is 16.2. The summed E-state index contributed by atoms with van der Waals surface area (Å²) in [5.41, 5.74) is 0.706. The molecule has 144 valence electrons. The maximum absolute atomic E-state index is 12.2. The van der Waals surface area contributed by atoms with Crippen LogP contribution in [0.1, 0.15) is 25.7 Å². The predicted molar refractivity (Wildman–Crippen MR) is 101 cm³/mol. The van der Waals surface area contributed by atoms with E-state index in [9.17, 15) is 4.79 Å². The van der Waals surface area contributed by atoms with Gasteiger partial charge in [0.1, 0.15) is 11.5 Å². The molecule has 0 saturated heterocycles. The van der Waals surface area contributed by atoms with Gasteiger partial charge in [-0.25, -0.2) is 0 Å². The second-order valence-corrected chi connectivity index (χ2v) is 8.04. The average molecular weight is 389 g/mol. The lowest BCUT2D eigenvalue weighted by molar-refractivity contribution is -0.119. The molecule has 1 heterocycles. The number of methoxy groups -OCH3 is 2. The van der Waals surface area contributed by atoms with Gasteiger partial charge in [0.05, 0.1) is 20.0 Å². The highest BCUT2D eigenvalue weighted by Crippen LogP contribution is 2.44. The number of hydrogen-bond donors (Lipinski definition) is 1. The molecule has 2 aliphatic rings. The fourth-order valence-electron chi connectivity index (χ4n) is 4.11. The van der Waals surface area contributed by atoms with Gasteiger partial charge in [-0.2, -0.15) is 0 Å². The first kappa shape index (κ1) is 18.2. The Balaban J connectivity index is 1.35. The zero-order valence-corrected chi connectivity index (χ0v) is 16.3. The molecule has 0 unspecified atom stereocenters. The van der Waals surface area contributed by atoms with Crippen molar-refractivity contribution in [3.63, 3.8) is 0 Å². The van der Waals surface area contributed by atoms with E-state index in [0.717, 1.165) is 12.3 Å². The molecular weight excluding hydrogens is 366 g/mol. The molecular formula is C19H23N3O4S. The summed E-state index contributed by atoms with van der Waals surface area (Å²) in [5.74, 6) is 3.43. The van der Waals surface area contributed by atoms with E-state index in [-0.39, 0.29) is 11.7 Å². The van der Waals surface area contributed by atoms with Crippen LogP contribution in [0, 0.1) is 11.8 Å². The van der Waals surface area contributed by atoms with E-state index in [1.165, 1.54) is 31.0 Å². The Kier molecular flexibility index (Phi) is 5.24. The number of nitrogens with zero attached hydrogens (tertiary/aromatic N) is 2. The quantitative estimate of drug-likeness (QED) is 0.728. The van der Waals surface area contributed by atoms with Crippen molar-refractivity contribution in [1.29, 1.82) is 0 Å². The van der Waals surface area contributed by atoms with Crippen LogP contribution in [0.25, 0.3) is 11.5 Å². The molecule has 0 aliphatic heterocycles. The predicted octanol–water partition coefficient (Wildman–Crippen LogP) is 3.15. The minimum atomic E-state index is 0.0281. The molecule has 1 amide bonds. The monoisotopic (exact) mass is 389 g/mol. The van der Waals surface area contributed by atoms with Crippen LogP contribution in [0.3, 0.4) is 0 Å². The molecule has 2 saturated carbocycles. The Morgan fingerprint density at radius 3 is 2.59 bits per heavy atom. The van der Waals surface area contributed by atoms with Crippen LogP contribution in [0.4, 0.5) is 0 Å². The normalized spacial score (nSPS) is 23.4. The SMILES string of the molecule is COc1cc(OC)cc(-c2nnc(SCC(=O)N[C@H]3C[C@@H]4CC[C@@H]3C4)o2)c1. The van der Waals surface area contributed by atoms with Gasteiger partial charge >= 0.3 is 0 Å². The molecule has 27 heavy (non-hydrogen) atoms. The van der Waals surface area contributed by atoms with Crippen molar-refractivity contribution in [1.82, 2.24) is 15.5 Å². The third-order valence-electron chi connectivity index (χ3n) is 5.42. The summed E-state index contributed by atoms with van der Waals surface area (Å²) in [4.78, 5) is 12.2. The fraction of sp³-hybridized carbons (Fsp3) is 0.526. The van der Waals surface area contributed by atoms with Gasteiger partial charge in [0.2, 0.25) is 11.8 Å². The number of hydrogen-bond acceptors (Lipinski definition) is 7. The summed E-state index contributed by atoms with van der Waals surface area (Å²) in [5, 5.41) is 11.6. The van der Waals surface area contributed by atoms with E-state index in [1.807, 2.05) is 0 Å². The van der Waals surface area contributed by atoms with E-state index in [1.54, 1.807) is 32.4 Å². The summed E-state index contributed by atoms with van der Waals surface area (Å²) in [6.07, 6.45) is 4.98. The lowest BCUT2D eigenvalue weighted by atomic mass is 9.95. The van der Waals surface area contributed by atoms with Crippen molar-refractivity contribution in [3.8, 4) is 23.0 Å². The molecule has 7 nitrogen and oxygen atoms in total. The minimum Gasteiger partial charge on any atom is -0.497 e. The molecule has 1 N–H and O–H groups in total. The second kappa shape index (κ2) is 7.80. The van der Waals surface area contributed by atoms with E-state index in [0.29, 0.717) is 40.1 Å². The molecule has 0 spiro atoms. The first-order valence-corrected chi connectivity index (χ1v) is 10.1. The van der Waals surface area contributed by atoms with Gasteiger partial charge < -0.3 is 19.2 Å². The number of rotatable bonds is 7. The van der Waals surface area contributed by atoms with Crippen LogP contribution in [0.5, 0.6) is 11.5 Å². The Labute approximate surface area is 162 Å². The van der Waals surface area contributed by atoms with Crippen molar-refractivity contribution in [2.75, 3.05) is 20.0 Å². The summed E-state index contributed by atoms with van der Waals surface area (Å²) >= 11 is 1.25. The lowest BCUT2D eigenvalue weighted by Gasteiger charge is -2.22. The maximum atomic E-state index is 12.2. The van der Waals surface area contributed by atoms with Gasteiger partial charge in [0.15, 0.2) is 0 Å². The molecule has 3 atom stereocenters. The van der Waals surface area contributed by atoms with Gasteiger partial charge in [0.25, 0.3) is 5.22 Å². The molecule has 0 radical (unpaired) electrons. The second-order valence-electron chi connectivity index (χ2n) is 7.11. The first-order valence-electron chi connectivity index (χ1n) is 9.13. The maximum Gasteiger partial charge on any atom is 0.277 e. The molecule has 1 aromatic heterocycles. The van der Waals surface area contributed by atoms with Crippen LogP contribution >= 0.6 is 11.8 Å². The van der Waals surface area contributed by atoms with E-state index < -0.39 is 0 Å². The molecule has 2 aromatic rings. The van der Waals surface area contributed by atoms with Crippen molar-refractivity contribution < 1.29 is 18.7 Å². The Bertz CT molecular complexity index is 803. The molecule has 2 bridgehead atoms. The van der Waals surface area contributed by atoms with Crippen molar-refractivity contribution in [2.45, 2.75) is 36.9 Å². The van der Waals surface area contributed by atoms with E-state index >= 15 is 0 Å².